The molecule has 0 unspecified atom stereocenters. The minimum Gasteiger partial charge on any atom is -0.480 e. The first-order valence-corrected chi connectivity index (χ1v) is 6.22. The predicted molar refractivity (Wildman–Crippen MR) is 72.7 cm³/mol. The van der Waals surface area contributed by atoms with E-state index in [1.807, 2.05) is 34.6 Å². The van der Waals surface area contributed by atoms with Crippen LogP contribution in [0.25, 0.3) is 0 Å². The number of hydrogen-bond donors (Lipinski definition) is 1. The van der Waals surface area contributed by atoms with E-state index < -0.39 is 11.5 Å². The molecule has 0 fully saturated rings. The average Bonchev–Trinajstić information content (AvgIpc) is 2.23. The van der Waals surface area contributed by atoms with Crippen LogP contribution in [0.1, 0.15) is 33.4 Å². The molecule has 0 bridgehead atoms. The zero-order valence-electron chi connectivity index (χ0n) is 12.1. The quantitative estimate of drug-likeness (QED) is 0.877. The highest BCUT2D eigenvalue weighted by Crippen LogP contribution is 2.22. The maximum absolute atomic E-state index is 11.0. The molecule has 6 heteroatoms. The van der Waals surface area contributed by atoms with Crippen molar-refractivity contribution in [1.82, 2.24) is 9.97 Å². The van der Waals surface area contributed by atoms with E-state index in [4.69, 9.17) is 9.84 Å². The Morgan fingerprint density at radius 1 is 1.42 bits per heavy atom. The number of carboxylic acids is 1. The predicted octanol–water partition coefficient (Wildman–Crippen LogP) is 1.87. The summed E-state index contributed by atoms with van der Waals surface area (Å²) in [6.45, 7) is 9.81. The van der Waals surface area contributed by atoms with Crippen LogP contribution in [0.4, 0.5) is 5.95 Å². The fourth-order valence-electron chi connectivity index (χ4n) is 1.61. The number of aryl methyl sites for hydroxylation is 1. The van der Waals surface area contributed by atoms with Crippen molar-refractivity contribution < 1.29 is 14.6 Å². The Morgan fingerprint density at radius 2 is 2.05 bits per heavy atom. The number of hydrogen-bond acceptors (Lipinski definition) is 5. The summed E-state index contributed by atoms with van der Waals surface area (Å²) in [6.07, 6.45) is 0. The van der Waals surface area contributed by atoms with Gasteiger partial charge in [-0.2, -0.15) is 4.98 Å². The molecule has 0 saturated carbocycles. The maximum Gasteiger partial charge on any atom is 0.323 e. The molecule has 1 rings (SSSR count). The fourth-order valence-corrected chi connectivity index (χ4v) is 1.61. The molecule has 6 nitrogen and oxygen atoms in total. The number of carbonyl (C=O) groups is 1. The van der Waals surface area contributed by atoms with E-state index in [1.54, 1.807) is 11.0 Å². The van der Waals surface area contributed by atoms with Crippen LogP contribution < -0.4 is 9.64 Å². The molecular weight excluding hydrogens is 246 g/mol. The Labute approximate surface area is 113 Å². The SMILES string of the molecule is CCOc1cc(C)nc(N(CC(=O)O)C(C)(C)C)n1. The Morgan fingerprint density at radius 3 is 2.53 bits per heavy atom. The van der Waals surface area contributed by atoms with Gasteiger partial charge in [-0.25, -0.2) is 4.98 Å². The van der Waals surface area contributed by atoms with Crippen LogP contribution >= 0.6 is 0 Å². The molecule has 19 heavy (non-hydrogen) atoms. The van der Waals surface area contributed by atoms with Crippen LogP contribution in [0.5, 0.6) is 5.88 Å². The number of aliphatic carboxylic acids is 1. The number of anilines is 1. The standard InChI is InChI=1S/C13H21N3O3/c1-6-19-10-7-9(2)14-12(15-10)16(8-11(17)18)13(3,4)5/h7H,6,8H2,1-5H3,(H,17,18). The van der Waals surface area contributed by atoms with Crippen molar-refractivity contribution in [3.8, 4) is 5.88 Å². The summed E-state index contributed by atoms with van der Waals surface area (Å²) in [5.74, 6) is -0.0824. The number of carboxylic acid groups (broad SMARTS) is 1. The van der Waals surface area contributed by atoms with Crippen molar-refractivity contribution in [3.63, 3.8) is 0 Å². The lowest BCUT2D eigenvalue weighted by Crippen LogP contribution is -2.45. The van der Waals surface area contributed by atoms with Gasteiger partial charge in [-0.05, 0) is 34.6 Å². The Balaban J connectivity index is 3.18. The summed E-state index contributed by atoms with van der Waals surface area (Å²) < 4.78 is 5.37. The number of ether oxygens (including phenoxy) is 1. The lowest BCUT2D eigenvalue weighted by atomic mass is 10.1. The Bertz CT molecular complexity index is 455. The van der Waals surface area contributed by atoms with E-state index in [9.17, 15) is 4.79 Å². The van der Waals surface area contributed by atoms with Gasteiger partial charge in [0.25, 0.3) is 0 Å². The van der Waals surface area contributed by atoms with E-state index >= 15 is 0 Å². The monoisotopic (exact) mass is 267 g/mol. The zero-order valence-corrected chi connectivity index (χ0v) is 12.1. The molecule has 0 saturated heterocycles. The number of aromatic nitrogens is 2. The second kappa shape index (κ2) is 5.86. The molecule has 0 aliphatic rings. The van der Waals surface area contributed by atoms with E-state index in [0.717, 1.165) is 5.69 Å². The van der Waals surface area contributed by atoms with Crippen LogP contribution in [0.2, 0.25) is 0 Å². The minimum absolute atomic E-state index is 0.154. The average molecular weight is 267 g/mol. The van der Waals surface area contributed by atoms with Gasteiger partial charge in [0.05, 0.1) is 6.61 Å². The zero-order chi connectivity index (χ0) is 14.6. The molecule has 0 radical (unpaired) electrons. The van der Waals surface area contributed by atoms with Crippen molar-refractivity contribution in [2.24, 2.45) is 0 Å². The van der Waals surface area contributed by atoms with Gasteiger partial charge in [0.2, 0.25) is 11.8 Å². The third-order valence-electron chi connectivity index (χ3n) is 2.46. The van der Waals surface area contributed by atoms with Gasteiger partial charge in [0.1, 0.15) is 6.54 Å². The Kier molecular flexibility index (Phi) is 4.69. The van der Waals surface area contributed by atoms with Gasteiger partial charge in [0.15, 0.2) is 0 Å². The number of nitrogens with zero attached hydrogens (tertiary/aromatic N) is 3. The van der Waals surface area contributed by atoms with E-state index in [1.165, 1.54) is 0 Å². The van der Waals surface area contributed by atoms with E-state index in [0.29, 0.717) is 18.4 Å². The molecule has 0 aliphatic heterocycles. The van der Waals surface area contributed by atoms with Crippen molar-refractivity contribution in [2.75, 3.05) is 18.1 Å². The lowest BCUT2D eigenvalue weighted by Gasteiger charge is -2.34. The summed E-state index contributed by atoms with van der Waals surface area (Å²) in [5, 5.41) is 9.02. The molecule has 106 valence electrons. The topological polar surface area (TPSA) is 75.5 Å². The number of rotatable bonds is 5. The maximum atomic E-state index is 11.0. The molecule has 0 aromatic carbocycles. The first-order chi connectivity index (χ1) is 8.74. The molecule has 0 atom stereocenters. The van der Waals surface area contributed by atoms with Gasteiger partial charge in [-0.1, -0.05) is 0 Å². The largest absolute Gasteiger partial charge is 0.480 e. The molecular formula is C13H21N3O3. The second-order valence-corrected chi connectivity index (χ2v) is 5.23. The van der Waals surface area contributed by atoms with E-state index in [2.05, 4.69) is 9.97 Å². The van der Waals surface area contributed by atoms with Crippen LogP contribution in [-0.4, -0.2) is 39.7 Å². The summed E-state index contributed by atoms with van der Waals surface area (Å²) >= 11 is 0. The normalized spacial score (nSPS) is 11.2. The van der Waals surface area contributed by atoms with Gasteiger partial charge in [-0.3, -0.25) is 4.79 Å². The third-order valence-corrected chi connectivity index (χ3v) is 2.46. The first-order valence-electron chi connectivity index (χ1n) is 6.22. The highest BCUT2D eigenvalue weighted by molar-refractivity contribution is 5.73. The first kappa shape index (κ1) is 15.2. The molecule has 1 heterocycles. The van der Waals surface area contributed by atoms with Crippen LogP contribution in [0.15, 0.2) is 6.07 Å². The molecule has 0 amide bonds. The van der Waals surface area contributed by atoms with Gasteiger partial charge < -0.3 is 14.7 Å². The molecule has 0 spiro atoms. The summed E-state index contributed by atoms with van der Waals surface area (Å²) in [6, 6.07) is 1.73. The van der Waals surface area contributed by atoms with Crippen molar-refractivity contribution >= 4 is 11.9 Å². The van der Waals surface area contributed by atoms with Crippen molar-refractivity contribution in [3.05, 3.63) is 11.8 Å². The highest BCUT2D eigenvalue weighted by Gasteiger charge is 2.26. The summed E-state index contributed by atoms with van der Waals surface area (Å²) in [7, 11) is 0. The Hall–Kier alpha value is -1.85. The summed E-state index contributed by atoms with van der Waals surface area (Å²) in [4.78, 5) is 21.2. The minimum atomic E-state index is -0.919. The highest BCUT2D eigenvalue weighted by atomic mass is 16.5. The molecule has 1 N–H and O–H groups in total. The van der Waals surface area contributed by atoms with E-state index in [-0.39, 0.29) is 6.54 Å². The van der Waals surface area contributed by atoms with Crippen molar-refractivity contribution in [1.29, 1.82) is 0 Å². The van der Waals surface area contributed by atoms with Gasteiger partial charge in [0, 0.05) is 17.3 Å². The van der Waals surface area contributed by atoms with Crippen LogP contribution in [-0.2, 0) is 4.79 Å². The third kappa shape index (κ3) is 4.39. The van der Waals surface area contributed by atoms with Crippen LogP contribution in [0, 0.1) is 6.92 Å². The fraction of sp³-hybridized carbons (Fsp3) is 0.615. The van der Waals surface area contributed by atoms with Gasteiger partial charge >= 0.3 is 5.97 Å². The molecule has 1 aromatic heterocycles. The lowest BCUT2D eigenvalue weighted by molar-refractivity contribution is -0.135. The van der Waals surface area contributed by atoms with Crippen molar-refractivity contribution in [2.45, 2.75) is 40.2 Å². The van der Waals surface area contributed by atoms with Crippen LogP contribution in [0.3, 0.4) is 0 Å². The van der Waals surface area contributed by atoms with Gasteiger partial charge in [-0.15, -0.1) is 0 Å². The molecule has 0 aliphatic carbocycles. The second-order valence-electron chi connectivity index (χ2n) is 5.23. The molecule has 1 aromatic rings. The summed E-state index contributed by atoms with van der Waals surface area (Å²) in [5.41, 5.74) is 0.350. The smallest absolute Gasteiger partial charge is 0.323 e.